The normalized spacial score (nSPS) is 18.3. The van der Waals surface area contributed by atoms with E-state index in [0.717, 1.165) is 13.1 Å². The van der Waals surface area contributed by atoms with Gasteiger partial charge in [0.25, 0.3) is 10.2 Å². The van der Waals surface area contributed by atoms with E-state index in [9.17, 15) is 8.42 Å². The van der Waals surface area contributed by atoms with Crippen molar-refractivity contribution in [3.63, 3.8) is 0 Å². The first-order valence-corrected chi connectivity index (χ1v) is 8.49. The second-order valence-electron chi connectivity index (χ2n) is 5.17. The lowest BCUT2D eigenvalue weighted by Gasteiger charge is -2.29. The fraction of sp³-hybridized carbons (Fsp3) is 0.571. The molecule has 0 amide bonds. The highest BCUT2D eigenvalue weighted by molar-refractivity contribution is 7.87. The van der Waals surface area contributed by atoms with Crippen molar-refractivity contribution in [3.8, 4) is 0 Å². The first-order chi connectivity index (χ1) is 9.53. The zero-order chi connectivity index (χ0) is 14.6. The molecule has 2 rings (SSSR count). The Morgan fingerprint density at radius 2 is 1.90 bits per heavy atom. The summed E-state index contributed by atoms with van der Waals surface area (Å²) >= 11 is 0. The third-order valence-electron chi connectivity index (χ3n) is 3.86. The van der Waals surface area contributed by atoms with Crippen LogP contribution in [0, 0.1) is 6.92 Å². The third-order valence-corrected chi connectivity index (χ3v) is 4.95. The Morgan fingerprint density at radius 1 is 1.25 bits per heavy atom. The molecule has 0 bridgehead atoms. The summed E-state index contributed by atoms with van der Waals surface area (Å²) in [6.45, 7) is 4.53. The SMILES string of the molecule is CNS(=O)(=O)NCC(c1ccccc1C)N1CCCC1. The zero-order valence-corrected chi connectivity index (χ0v) is 12.9. The molecule has 1 aliphatic rings. The molecule has 6 heteroatoms. The molecule has 2 N–H and O–H groups in total. The Balaban J connectivity index is 2.19. The number of hydrogen-bond donors (Lipinski definition) is 2. The highest BCUT2D eigenvalue weighted by Gasteiger charge is 2.25. The molecule has 0 saturated carbocycles. The van der Waals surface area contributed by atoms with Gasteiger partial charge in [-0.25, -0.2) is 9.44 Å². The second kappa shape index (κ2) is 6.67. The highest BCUT2D eigenvalue weighted by Crippen LogP contribution is 2.26. The number of nitrogens with zero attached hydrogens (tertiary/aromatic N) is 1. The summed E-state index contributed by atoms with van der Waals surface area (Å²) < 4.78 is 28.1. The van der Waals surface area contributed by atoms with Crippen molar-refractivity contribution in [2.45, 2.75) is 25.8 Å². The standard InChI is InChI=1S/C14H23N3O2S/c1-12-7-3-4-8-13(12)14(17-9-5-6-10-17)11-16-20(18,19)15-2/h3-4,7-8,14-16H,5-6,9-11H2,1-2H3. The van der Waals surface area contributed by atoms with Gasteiger partial charge in [-0.2, -0.15) is 8.42 Å². The largest absolute Gasteiger partial charge is 0.295 e. The molecule has 1 aliphatic heterocycles. The van der Waals surface area contributed by atoms with E-state index in [-0.39, 0.29) is 6.04 Å². The highest BCUT2D eigenvalue weighted by atomic mass is 32.2. The van der Waals surface area contributed by atoms with Crippen LogP contribution in [-0.2, 0) is 10.2 Å². The van der Waals surface area contributed by atoms with E-state index >= 15 is 0 Å². The van der Waals surface area contributed by atoms with Crippen LogP contribution in [0.15, 0.2) is 24.3 Å². The van der Waals surface area contributed by atoms with Crippen molar-refractivity contribution >= 4 is 10.2 Å². The molecular formula is C14H23N3O2S. The van der Waals surface area contributed by atoms with Crippen molar-refractivity contribution in [1.29, 1.82) is 0 Å². The summed E-state index contributed by atoms with van der Waals surface area (Å²) in [5.41, 5.74) is 2.40. The molecule has 20 heavy (non-hydrogen) atoms. The molecule has 1 fully saturated rings. The number of benzene rings is 1. The van der Waals surface area contributed by atoms with E-state index in [1.807, 2.05) is 12.1 Å². The van der Waals surface area contributed by atoms with E-state index in [1.165, 1.54) is 31.0 Å². The van der Waals surface area contributed by atoms with Gasteiger partial charge in [-0.1, -0.05) is 24.3 Å². The molecule has 0 aromatic heterocycles. The van der Waals surface area contributed by atoms with Crippen LogP contribution < -0.4 is 9.44 Å². The number of aryl methyl sites for hydroxylation is 1. The van der Waals surface area contributed by atoms with E-state index in [2.05, 4.69) is 33.4 Å². The molecule has 1 heterocycles. The fourth-order valence-corrected chi connectivity index (χ4v) is 3.23. The number of rotatable bonds is 6. The van der Waals surface area contributed by atoms with Crippen LogP contribution in [-0.4, -0.2) is 40.0 Å². The second-order valence-corrected chi connectivity index (χ2v) is 6.88. The molecular weight excluding hydrogens is 274 g/mol. The molecule has 0 aliphatic carbocycles. The van der Waals surface area contributed by atoms with Gasteiger partial charge in [0.05, 0.1) is 0 Å². The maximum atomic E-state index is 11.6. The van der Waals surface area contributed by atoms with E-state index in [0.29, 0.717) is 6.54 Å². The lowest BCUT2D eigenvalue weighted by molar-refractivity contribution is 0.245. The lowest BCUT2D eigenvalue weighted by Crippen LogP contribution is -2.41. The minimum Gasteiger partial charge on any atom is -0.295 e. The molecule has 1 aromatic rings. The minimum absolute atomic E-state index is 0.0989. The molecule has 112 valence electrons. The summed E-state index contributed by atoms with van der Waals surface area (Å²) in [6.07, 6.45) is 2.36. The van der Waals surface area contributed by atoms with Gasteiger partial charge < -0.3 is 0 Å². The summed E-state index contributed by atoms with van der Waals surface area (Å²) in [5.74, 6) is 0. The van der Waals surface area contributed by atoms with Crippen molar-refractivity contribution in [2.24, 2.45) is 0 Å². The molecule has 5 nitrogen and oxygen atoms in total. The average Bonchev–Trinajstić information content (AvgIpc) is 2.95. The van der Waals surface area contributed by atoms with E-state index in [1.54, 1.807) is 0 Å². The maximum Gasteiger partial charge on any atom is 0.276 e. The fourth-order valence-electron chi connectivity index (χ4n) is 2.71. The summed E-state index contributed by atoms with van der Waals surface area (Å²) in [6, 6.07) is 8.29. The maximum absolute atomic E-state index is 11.6. The first kappa shape index (κ1) is 15.4. The first-order valence-electron chi connectivity index (χ1n) is 7.01. The number of likely N-dealkylation sites (tertiary alicyclic amines) is 1. The molecule has 0 spiro atoms. The molecule has 0 radical (unpaired) electrons. The van der Waals surface area contributed by atoms with Crippen LogP contribution in [0.25, 0.3) is 0 Å². The average molecular weight is 297 g/mol. The predicted molar refractivity (Wildman–Crippen MR) is 80.7 cm³/mol. The van der Waals surface area contributed by atoms with Crippen LogP contribution in [0.2, 0.25) is 0 Å². The Hall–Kier alpha value is -0.950. The minimum atomic E-state index is -3.39. The van der Waals surface area contributed by atoms with Crippen LogP contribution in [0.5, 0.6) is 0 Å². The van der Waals surface area contributed by atoms with Crippen LogP contribution in [0.1, 0.15) is 30.0 Å². The van der Waals surface area contributed by atoms with Crippen LogP contribution in [0.3, 0.4) is 0 Å². The molecule has 1 aromatic carbocycles. The summed E-state index contributed by atoms with van der Waals surface area (Å²) in [7, 11) is -1.97. The van der Waals surface area contributed by atoms with Crippen molar-refractivity contribution in [3.05, 3.63) is 35.4 Å². The van der Waals surface area contributed by atoms with Gasteiger partial charge in [0.2, 0.25) is 0 Å². The number of nitrogens with one attached hydrogen (secondary N) is 2. The van der Waals surface area contributed by atoms with Gasteiger partial charge in [0, 0.05) is 19.6 Å². The monoisotopic (exact) mass is 297 g/mol. The Kier molecular flexibility index (Phi) is 5.15. The Bertz CT molecular complexity index is 539. The Labute approximate surface area is 121 Å². The van der Waals surface area contributed by atoms with Crippen molar-refractivity contribution in [1.82, 2.24) is 14.3 Å². The van der Waals surface area contributed by atoms with Crippen LogP contribution in [0.4, 0.5) is 0 Å². The third kappa shape index (κ3) is 3.79. The van der Waals surface area contributed by atoms with Crippen molar-refractivity contribution in [2.75, 3.05) is 26.7 Å². The van der Waals surface area contributed by atoms with E-state index in [4.69, 9.17) is 0 Å². The van der Waals surface area contributed by atoms with Gasteiger partial charge >= 0.3 is 0 Å². The Morgan fingerprint density at radius 3 is 2.50 bits per heavy atom. The smallest absolute Gasteiger partial charge is 0.276 e. The zero-order valence-electron chi connectivity index (χ0n) is 12.1. The van der Waals surface area contributed by atoms with Crippen LogP contribution >= 0.6 is 0 Å². The van der Waals surface area contributed by atoms with Gasteiger partial charge in [0.15, 0.2) is 0 Å². The lowest BCUT2D eigenvalue weighted by atomic mass is 10.0. The van der Waals surface area contributed by atoms with Crippen molar-refractivity contribution < 1.29 is 8.42 Å². The van der Waals surface area contributed by atoms with Gasteiger partial charge in [0.1, 0.15) is 0 Å². The molecule has 1 saturated heterocycles. The van der Waals surface area contributed by atoms with E-state index < -0.39 is 10.2 Å². The van der Waals surface area contributed by atoms with Gasteiger partial charge in [-0.3, -0.25) is 4.90 Å². The predicted octanol–water partition coefficient (Wildman–Crippen LogP) is 1.19. The summed E-state index contributed by atoms with van der Waals surface area (Å²) in [4.78, 5) is 2.36. The topological polar surface area (TPSA) is 61.4 Å². The van der Waals surface area contributed by atoms with Gasteiger partial charge in [-0.05, 0) is 44.0 Å². The molecule has 1 unspecified atom stereocenters. The quantitative estimate of drug-likeness (QED) is 0.829. The van der Waals surface area contributed by atoms with Gasteiger partial charge in [-0.15, -0.1) is 0 Å². The number of hydrogen-bond acceptors (Lipinski definition) is 3. The molecule has 1 atom stereocenters. The summed E-state index contributed by atoms with van der Waals surface area (Å²) in [5, 5.41) is 0.